The van der Waals surface area contributed by atoms with Crippen LogP contribution in [0.5, 0.6) is 5.75 Å². The van der Waals surface area contributed by atoms with Gasteiger partial charge in [-0.3, -0.25) is 9.59 Å². The summed E-state index contributed by atoms with van der Waals surface area (Å²) in [5.41, 5.74) is 3.21. The summed E-state index contributed by atoms with van der Waals surface area (Å²) in [6.45, 7) is 2.71. The number of anilines is 1. The van der Waals surface area contributed by atoms with Gasteiger partial charge in [-0.1, -0.05) is 60.2 Å². The van der Waals surface area contributed by atoms with Crippen LogP contribution in [0.15, 0.2) is 72.8 Å². The summed E-state index contributed by atoms with van der Waals surface area (Å²) in [6, 6.07) is 21.8. The van der Waals surface area contributed by atoms with Gasteiger partial charge in [0, 0.05) is 22.8 Å². The second-order valence-corrected chi connectivity index (χ2v) is 9.13. The van der Waals surface area contributed by atoms with Gasteiger partial charge in [-0.15, -0.1) is 10.2 Å². The van der Waals surface area contributed by atoms with Crippen LogP contribution in [0.2, 0.25) is 5.02 Å². The van der Waals surface area contributed by atoms with E-state index in [1.807, 2.05) is 12.1 Å². The van der Waals surface area contributed by atoms with E-state index in [0.717, 1.165) is 23.3 Å². The van der Waals surface area contributed by atoms with E-state index < -0.39 is 5.91 Å². The highest BCUT2D eigenvalue weighted by molar-refractivity contribution is 7.13. The second-order valence-electron chi connectivity index (χ2n) is 7.63. The largest absolute Gasteiger partial charge is 0.486 e. The molecule has 0 radical (unpaired) electrons. The molecular formula is C26H23ClN4O3S. The lowest BCUT2D eigenvalue weighted by molar-refractivity contribution is 0.0949. The van der Waals surface area contributed by atoms with Crippen molar-refractivity contribution in [1.29, 1.82) is 0 Å². The van der Waals surface area contributed by atoms with E-state index in [0.29, 0.717) is 33.6 Å². The number of nitrogens with one attached hydrogen (secondary N) is 2. The first-order chi connectivity index (χ1) is 17.0. The lowest BCUT2D eigenvalue weighted by atomic mass is 10.1. The van der Waals surface area contributed by atoms with Gasteiger partial charge >= 0.3 is 0 Å². The Morgan fingerprint density at radius 2 is 1.69 bits per heavy atom. The number of halogens is 1. The van der Waals surface area contributed by atoms with Crippen molar-refractivity contribution in [3.8, 4) is 5.75 Å². The first kappa shape index (κ1) is 24.4. The minimum Gasteiger partial charge on any atom is -0.486 e. The molecule has 3 aromatic carbocycles. The Morgan fingerprint density at radius 3 is 2.43 bits per heavy atom. The molecule has 0 atom stereocenters. The van der Waals surface area contributed by atoms with Gasteiger partial charge in [-0.2, -0.15) is 0 Å². The summed E-state index contributed by atoms with van der Waals surface area (Å²) < 4.78 is 5.64. The summed E-state index contributed by atoms with van der Waals surface area (Å²) in [6.07, 6.45) is 0.973. The number of carbonyl (C=O) groups excluding carboxylic acids is 2. The second kappa shape index (κ2) is 11.6. The van der Waals surface area contributed by atoms with Gasteiger partial charge in [0.05, 0.1) is 0 Å². The molecule has 2 amide bonds. The first-order valence-corrected chi connectivity index (χ1v) is 12.2. The highest BCUT2D eigenvalue weighted by atomic mass is 35.5. The topological polar surface area (TPSA) is 93.2 Å². The molecule has 4 aromatic rings. The Morgan fingerprint density at radius 1 is 0.943 bits per heavy atom. The van der Waals surface area contributed by atoms with Gasteiger partial charge in [-0.05, 0) is 60.0 Å². The van der Waals surface area contributed by atoms with Crippen molar-refractivity contribution < 1.29 is 14.3 Å². The number of nitrogens with zero attached hydrogens (tertiary/aromatic N) is 2. The van der Waals surface area contributed by atoms with E-state index in [1.165, 1.54) is 5.56 Å². The maximum atomic E-state index is 12.6. The molecule has 0 saturated heterocycles. The molecule has 1 aromatic heterocycles. The van der Waals surface area contributed by atoms with Crippen molar-refractivity contribution in [2.75, 3.05) is 5.32 Å². The van der Waals surface area contributed by atoms with Crippen molar-refractivity contribution in [1.82, 2.24) is 15.5 Å². The number of hydrogen-bond acceptors (Lipinski definition) is 6. The van der Waals surface area contributed by atoms with Crippen LogP contribution in [0.1, 0.15) is 43.2 Å². The number of ether oxygens (including phenoxy) is 1. The molecule has 0 aliphatic carbocycles. The molecule has 178 valence electrons. The average molecular weight is 507 g/mol. The minimum absolute atomic E-state index is 0.184. The van der Waals surface area contributed by atoms with Crippen LogP contribution in [0.3, 0.4) is 0 Å². The Bertz CT molecular complexity index is 1310. The van der Waals surface area contributed by atoms with Gasteiger partial charge in [-0.25, -0.2) is 0 Å². The molecule has 35 heavy (non-hydrogen) atoms. The van der Waals surface area contributed by atoms with Gasteiger partial charge in [0.15, 0.2) is 5.01 Å². The molecule has 7 nitrogen and oxygen atoms in total. The monoisotopic (exact) mass is 506 g/mol. The maximum Gasteiger partial charge on any atom is 0.286 e. The Kier molecular flexibility index (Phi) is 8.07. The fourth-order valence-electron chi connectivity index (χ4n) is 3.18. The molecule has 0 unspecified atom stereocenters. The summed E-state index contributed by atoms with van der Waals surface area (Å²) in [5, 5.41) is 15.0. The lowest BCUT2D eigenvalue weighted by Crippen LogP contribution is -2.23. The van der Waals surface area contributed by atoms with Crippen LogP contribution in [0, 0.1) is 0 Å². The standard InChI is InChI=1S/C26H23ClN4O3S/c1-2-17-6-8-18(9-7-17)15-28-24(32)19-4-3-5-21(14-19)29-25(33)26-31-30-23(35-26)16-34-22-12-10-20(27)11-13-22/h3-14H,2,15-16H2,1H3,(H,28,32)(H,29,33). The minimum atomic E-state index is -0.409. The third-order valence-corrected chi connectivity index (χ3v) is 6.25. The van der Waals surface area contributed by atoms with E-state index in [9.17, 15) is 9.59 Å². The van der Waals surface area contributed by atoms with Crippen LogP contribution in [-0.4, -0.2) is 22.0 Å². The zero-order valence-corrected chi connectivity index (χ0v) is 20.5. The molecule has 0 aliphatic rings. The number of aromatic nitrogens is 2. The van der Waals surface area contributed by atoms with Gasteiger partial charge in [0.25, 0.3) is 11.8 Å². The molecule has 0 saturated carbocycles. The quantitative estimate of drug-likeness (QED) is 0.312. The smallest absolute Gasteiger partial charge is 0.286 e. The normalized spacial score (nSPS) is 10.6. The fourth-order valence-corrected chi connectivity index (χ4v) is 3.95. The number of benzene rings is 3. The van der Waals surface area contributed by atoms with Crippen molar-refractivity contribution in [3.05, 3.63) is 105 Å². The molecule has 0 fully saturated rings. The van der Waals surface area contributed by atoms with Crippen LogP contribution in [-0.2, 0) is 19.6 Å². The third-order valence-electron chi connectivity index (χ3n) is 5.10. The molecule has 0 bridgehead atoms. The van der Waals surface area contributed by atoms with Gasteiger partial charge in [0.1, 0.15) is 12.4 Å². The fraction of sp³-hybridized carbons (Fsp3) is 0.154. The van der Waals surface area contributed by atoms with Gasteiger partial charge < -0.3 is 15.4 Å². The Labute approximate surface area is 212 Å². The van der Waals surface area contributed by atoms with Crippen LogP contribution in [0.25, 0.3) is 0 Å². The van der Waals surface area contributed by atoms with E-state index in [4.69, 9.17) is 16.3 Å². The molecule has 9 heteroatoms. The number of aryl methyl sites for hydroxylation is 1. The van der Waals surface area contributed by atoms with E-state index in [2.05, 4.69) is 39.9 Å². The number of carbonyl (C=O) groups is 2. The average Bonchev–Trinajstić information content (AvgIpc) is 3.37. The predicted octanol–water partition coefficient (Wildman–Crippen LogP) is 5.52. The molecule has 4 rings (SSSR count). The number of rotatable bonds is 9. The van der Waals surface area contributed by atoms with E-state index in [-0.39, 0.29) is 17.5 Å². The van der Waals surface area contributed by atoms with Crippen molar-refractivity contribution in [2.45, 2.75) is 26.5 Å². The highest BCUT2D eigenvalue weighted by Gasteiger charge is 2.15. The van der Waals surface area contributed by atoms with Crippen LogP contribution in [0.4, 0.5) is 5.69 Å². The predicted molar refractivity (Wildman–Crippen MR) is 137 cm³/mol. The van der Waals surface area contributed by atoms with E-state index in [1.54, 1.807) is 48.5 Å². The lowest BCUT2D eigenvalue weighted by Gasteiger charge is -2.08. The summed E-state index contributed by atoms with van der Waals surface area (Å²) in [5.74, 6) is 0.00991. The zero-order valence-electron chi connectivity index (χ0n) is 19.0. The first-order valence-electron chi connectivity index (χ1n) is 11.0. The maximum absolute atomic E-state index is 12.6. The number of hydrogen-bond donors (Lipinski definition) is 2. The van der Waals surface area contributed by atoms with Crippen LogP contribution >= 0.6 is 22.9 Å². The van der Waals surface area contributed by atoms with Gasteiger partial charge in [0.2, 0.25) is 5.01 Å². The zero-order chi connectivity index (χ0) is 24.6. The summed E-state index contributed by atoms with van der Waals surface area (Å²) >= 11 is 7.01. The third kappa shape index (κ3) is 6.88. The van der Waals surface area contributed by atoms with Crippen molar-refractivity contribution >= 4 is 40.4 Å². The van der Waals surface area contributed by atoms with Crippen molar-refractivity contribution in [2.24, 2.45) is 0 Å². The highest BCUT2D eigenvalue weighted by Crippen LogP contribution is 2.19. The number of amides is 2. The SMILES string of the molecule is CCc1ccc(CNC(=O)c2cccc(NC(=O)c3nnc(COc4ccc(Cl)cc4)s3)c2)cc1. The van der Waals surface area contributed by atoms with Crippen molar-refractivity contribution in [3.63, 3.8) is 0 Å². The molecule has 0 spiro atoms. The van der Waals surface area contributed by atoms with Crippen LogP contribution < -0.4 is 15.4 Å². The summed E-state index contributed by atoms with van der Waals surface area (Å²) in [4.78, 5) is 25.2. The molecule has 1 heterocycles. The molecular weight excluding hydrogens is 484 g/mol. The van der Waals surface area contributed by atoms with E-state index >= 15 is 0 Å². The summed E-state index contributed by atoms with van der Waals surface area (Å²) in [7, 11) is 0. The molecule has 2 N–H and O–H groups in total. The Balaban J connectivity index is 1.31. The Hall–Kier alpha value is -3.75. The molecule has 0 aliphatic heterocycles.